The average molecular weight is 845 g/mol. The van der Waals surface area contributed by atoms with Crippen molar-refractivity contribution in [2.75, 3.05) is 33.9 Å². The van der Waals surface area contributed by atoms with Crippen molar-refractivity contribution >= 4 is 45.8 Å². The second-order valence-electron chi connectivity index (χ2n) is 16.0. The first-order chi connectivity index (χ1) is 30.8. The third-order valence-corrected chi connectivity index (χ3v) is 12.2. The quantitative estimate of drug-likeness (QED) is 0.101. The Kier molecular flexibility index (Phi) is 11.6. The highest BCUT2D eigenvalue weighted by Gasteiger charge is 2.38. The van der Waals surface area contributed by atoms with Crippen LogP contribution >= 0.6 is 0 Å². The number of imidazole rings is 2. The summed E-state index contributed by atoms with van der Waals surface area (Å²) in [5.74, 6) is 0.596. The van der Waals surface area contributed by atoms with Gasteiger partial charge < -0.3 is 39.9 Å². The van der Waals surface area contributed by atoms with Crippen molar-refractivity contribution in [1.82, 2.24) is 40.4 Å². The Morgan fingerprint density at radius 3 is 1.98 bits per heavy atom. The number of fused-ring (bicyclic) bond motifs is 2. The summed E-state index contributed by atoms with van der Waals surface area (Å²) in [4.78, 5) is 72.8. The molecule has 4 heterocycles. The number of nitrogens with one attached hydrogen (secondary N) is 4. The van der Waals surface area contributed by atoms with Crippen LogP contribution in [0.1, 0.15) is 72.5 Å². The van der Waals surface area contributed by atoms with Gasteiger partial charge in [0.2, 0.25) is 5.91 Å². The molecule has 0 unspecified atom stereocenters. The van der Waals surface area contributed by atoms with Crippen LogP contribution in [-0.2, 0) is 19.1 Å². The van der Waals surface area contributed by atoms with Crippen molar-refractivity contribution in [1.29, 1.82) is 0 Å². The smallest absolute Gasteiger partial charge is 0.407 e. The molecule has 2 saturated heterocycles. The van der Waals surface area contributed by atoms with Crippen molar-refractivity contribution in [3.63, 3.8) is 0 Å². The third-order valence-electron chi connectivity index (χ3n) is 12.2. The summed E-state index contributed by atoms with van der Waals surface area (Å²) in [5.41, 5.74) is 7.10. The number of aromatic nitrogens is 4. The molecule has 0 radical (unpaired) electrons. The van der Waals surface area contributed by atoms with E-state index in [2.05, 4.69) is 69.1 Å². The lowest BCUT2D eigenvalue weighted by atomic mass is 9.97. The minimum atomic E-state index is -0.889. The Bertz CT molecular complexity index is 2790. The number of methoxy groups -OCH3 is 2. The SMILES string of the molecule is COC(=O)NC[C@H](C(=O)N1CCC[C@H]1c1ncc(-c2ccc3cc(-c4ccc5nc([C@@H]6CCCN6C(=O)[C@@H](NC(=O)OC)c6ccccc6)[nH]c5c4)ccc3c2)[nH]1)c1ccccc1. The number of rotatable bonds is 11. The molecule has 320 valence electrons. The lowest BCUT2D eigenvalue weighted by Gasteiger charge is -2.28. The number of hydrogen-bond donors (Lipinski definition) is 4. The Balaban J connectivity index is 0.910. The largest absolute Gasteiger partial charge is 0.453 e. The lowest BCUT2D eigenvalue weighted by molar-refractivity contribution is -0.135. The van der Waals surface area contributed by atoms with Gasteiger partial charge in [-0.25, -0.2) is 19.6 Å². The molecule has 9 rings (SSSR count). The number of hydrogen-bond acceptors (Lipinski definition) is 8. The molecule has 0 saturated carbocycles. The molecular formula is C49H48N8O6. The number of H-pyrrole nitrogens is 2. The van der Waals surface area contributed by atoms with E-state index in [0.717, 1.165) is 81.3 Å². The van der Waals surface area contributed by atoms with Crippen molar-refractivity contribution in [2.45, 2.75) is 49.7 Å². The van der Waals surface area contributed by atoms with E-state index in [9.17, 15) is 19.2 Å². The Morgan fingerprint density at radius 1 is 0.683 bits per heavy atom. The average Bonchev–Trinajstić information content (AvgIpc) is 4.17. The summed E-state index contributed by atoms with van der Waals surface area (Å²) in [6, 6.07) is 36.2. The van der Waals surface area contributed by atoms with Crippen LogP contribution in [-0.4, -0.2) is 87.6 Å². The Hall–Kier alpha value is -7.48. The van der Waals surface area contributed by atoms with Crippen molar-refractivity contribution in [2.24, 2.45) is 0 Å². The molecule has 4 N–H and O–H groups in total. The van der Waals surface area contributed by atoms with Gasteiger partial charge in [0.1, 0.15) is 17.7 Å². The second-order valence-corrected chi connectivity index (χ2v) is 16.0. The number of benzene rings is 5. The summed E-state index contributed by atoms with van der Waals surface area (Å²) in [6.45, 7) is 1.27. The van der Waals surface area contributed by atoms with E-state index in [1.54, 1.807) is 4.90 Å². The number of amides is 4. The lowest BCUT2D eigenvalue weighted by Crippen LogP contribution is -2.42. The monoisotopic (exact) mass is 844 g/mol. The van der Waals surface area contributed by atoms with E-state index >= 15 is 0 Å². The summed E-state index contributed by atoms with van der Waals surface area (Å²) >= 11 is 0. The van der Waals surface area contributed by atoms with Gasteiger partial charge in [0.05, 0.1) is 55.1 Å². The molecule has 2 aliphatic heterocycles. The zero-order valence-corrected chi connectivity index (χ0v) is 35.0. The normalized spacial score (nSPS) is 17.1. The highest BCUT2D eigenvalue weighted by Crippen LogP contribution is 2.37. The summed E-state index contributed by atoms with van der Waals surface area (Å²) in [5, 5.41) is 7.59. The maximum Gasteiger partial charge on any atom is 0.407 e. The molecular weight excluding hydrogens is 797 g/mol. The van der Waals surface area contributed by atoms with Gasteiger partial charge in [-0.1, -0.05) is 91.0 Å². The van der Waals surface area contributed by atoms with Gasteiger partial charge in [-0.3, -0.25) is 9.59 Å². The van der Waals surface area contributed by atoms with Crippen LogP contribution in [0.15, 0.2) is 121 Å². The van der Waals surface area contributed by atoms with Gasteiger partial charge in [-0.2, -0.15) is 0 Å². The summed E-state index contributed by atoms with van der Waals surface area (Å²) in [6.07, 6.45) is 3.76. The van der Waals surface area contributed by atoms with Gasteiger partial charge in [0.15, 0.2) is 0 Å². The highest BCUT2D eigenvalue weighted by atomic mass is 16.5. The van der Waals surface area contributed by atoms with Gasteiger partial charge in [-0.15, -0.1) is 0 Å². The number of aromatic amines is 2. The minimum absolute atomic E-state index is 0.0670. The molecule has 0 bridgehead atoms. The number of carbonyl (C=O) groups excluding carboxylic acids is 4. The van der Waals surface area contributed by atoms with Gasteiger partial charge in [0.25, 0.3) is 5.91 Å². The van der Waals surface area contributed by atoms with Crippen molar-refractivity contribution < 1.29 is 28.7 Å². The van der Waals surface area contributed by atoms with Crippen LogP contribution in [0.2, 0.25) is 0 Å². The zero-order chi connectivity index (χ0) is 43.5. The summed E-state index contributed by atoms with van der Waals surface area (Å²) in [7, 11) is 2.59. The predicted molar refractivity (Wildman–Crippen MR) is 238 cm³/mol. The first-order valence-corrected chi connectivity index (χ1v) is 21.2. The van der Waals surface area contributed by atoms with Gasteiger partial charge in [0, 0.05) is 25.2 Å². The molecule has 0 aliphatic carbocycles. The van der Waals surface area contributed by atoms with E-state index in [4.69, 9.17) is 19.4 Å². The Labute approximate surface area is 364 Å². The van der Waals surface area contributed by atoms with Crippen molar-refractivity contribution in [3.05, 3.63) is 144 Å². The Morgan fingerprint density at radius 2 is 1.29 bits per heavy atom. The fourth-order valence-electron chi connectivity index (χ4n) is 9.01. The first-order valence-electron chi connectivity index (χ1n) is 21.2. The molecule has 4 amide bonds. The predicted octanol–water partition coefficient (Wildman–Crippen LogP) is 8.34. The molecule has 14 nitrogen and oxygen atoms in total. The second kappa shape index (κ2) is 17.9. The van der Waals surface area contributed by atoms with Crippen LogP contribution in [0, 0.1) is 0 Å². The molecule has 63 heavy (non-hydrogen) atoms. The molecule has 4 atom stereocenters. The van der Waals surface area contributed by atoms with Crippen LogP contribution in [0.25, 0.3) is 44.2 Å². The van der Waals surface area contributed by atoms with E-state index in [-0.39, 0.29) is 30.4 Å². The van der Waals surface area contributed by atoms with Crippen LogP contribution in [0.5, 0.6) is 0 Å². The molecule has 5 aromatic carbocycles. The van der Waals surface area contributed by atoms with Gasteiger partial charge >= 0.3 is 12.2 Å². The van der Waals surface area contributed by atoms with E-state index in [1.165, 1.54) is 14.2 Å². The molecule has 2 aliphatic rings. The number of alkyl carbamates (subject to hydrolysis) is 2. The maximum absolute atomic E-state index is 14.1. The fraction of sp³-hybridized carbons (Fsp3) is 0.265. The number of carbonyl (C=O) groups is 4. The van der Waals surface area contributed by atoms with Gasteiger partial charge in [-0.05, 0) is 83.0 Å². The van der Waals surface area contributed by atoms with E-state index in [0.29, 0.717) is 24.5 Å². The number of likely N-dealkylation sites (tertiary alicyclic amines) is 2. The standard InChI is InChI=1S/C49H48N8O6/c1-62-48(60)51-28-37(30-11-5-3-6-12-30)46(58)56-23-9-15-41(56)44-50-29-40(54-44)36-20-19-32-25-33(17-18-34(32)26-36)35-21-22-38-39(27-35)53-45(52-38)42-16-10-24-57(42)47(59)43(55-49(61)63-2)31-13-7-4-8-14-31/h3-8,11-14,17-22,25-27,29,37,41-43H,9-10,15-16,23-24,28H2,1-2H3,(H,50,54)(H,51,60)(H,52,53)(H,55,61)/t37-,41-,42-,43-/m0/s1. The molecule has 2 aromatic heterocycles. The molecule has 0 spiro atoms. The van der Waals surface area contributed by atoms with Crippen LogP contribution < -0.4 is 10.6 Å². The molecule has 14 heteroatoms. The first kappa shape index (κ1) is 40.9. The number of nitrogens with zero attached hydrogens (tertiary/aromatic N) is 4. The van der Waals surface area contributed by atoms with E-state index in [1.807, 2.05) is 77.8 Å². The van der Waals surface area contributed by atoms with Crippen LogP contribution in [0.4, 0.5) is 9.59 Å². The molecule has 7 aromatic rings. The fourth-order valence-corrected chi connectivity index (χ4v) is 9.01. The third kappa shape index (κ3) is 8.44. The summed E-state index contributed by atoms with van der Waals surface area (Å²) < 4.78 is 9.63. The van der Waals surface area contributed by atoms with E-state index < -0.39 is 24.1 Å². The van der Waals surface area contributed by atoms with Crippen molar-refractivity contribution in [3.8, 4) is 22.4 Å². The molecule has 2 fully saturated rings. The highest BCUT2D eigenvalue weighted by molar-refractivity contribution is 5.92. The van der Waals surface area contributed by atoms with Crippen LogP contribution in [0.3, 0.4) is 0 Å². The zero-order valence-electron chi connectivity index (χ0n) is 35.0. The maximum atomic E-state index is 14.1. The minimum Gasteiger partial charge on any atom is -0.453 e. The number of ether oxygens (including phenoxy) is 2. The topological polar surface area (TPSA) is 175 Å².